The zero-order valence-corrected chi connectivity index (χ0v) is 12.6. The van der Waals surface area contributed by atoms with Gasteiger partial charge in [-0.25, -0.2) is 5.48 Å². The van der Waals surface area contributed by atoms with E-state index in [0.717, 1.165) is 25.2 Å². The molecule has 1 amide bonds. The van der Waals surface area contributed by atoms with Crippen LogP contribution in [0.25, 0.3) is 0 Å². The molecule has 5 nitrogen and oxygen atoms in total. The molecule has 0 bridgehead atoms. The monoisotopic (exact) mass is 292 g/mol. The molecule has 0 spiro atoms. The number of ether oxygens (including phenoxy) is 1. The summed E-state index contributed by atoms with van der Waals surface area (Å²) in [5, 5.41) is 0. The number of rotatable bonds is 7. The minimum absolute atomic E-state index is 0.0349. The minimum atomic E-state index is -0.269. The van der Waals surface area contributed by atoms with Gasteiger partial charge >= 0.3 is 0 Å². The SMILES string of the molecule is Cc1ccc(OCC(=O)NOCCN2CCCCC2)cc1. The molecule has 1 heterocycles. The summed E-state index contributed by atoms with van der Waals surface area (Å²) in [4.78, 5) is 19.1. The molecule has 5 heteroatoms. The van der Waals surface area contributed by atoms with Crippen molar-refractivity contribution in [3.63, 3.8) is 0 Å². The maximum absolute atomic E-state index is 11.6. The van der Waals surface area contributed by atoms with Crippen molar-refractivity contribution >= 4 is 5.91 Å². The molecule has 1 N–H and O–H groups in total. The van der Waals surface area contributed by atoms with E-state index in [2.05, 4.69) is 10.4 Å². The highest BCUT2D eigenvalue weighted by atomic mass is 16.7. The van der Waals surface area contributed by atoms with E-state index in [1.54, 1.807) is 0 Å². The summed E-state index contributed by atoms with van der Waals surface area (Å²) in [6.07, 6.45) is 3.85. The van der Waals surface area contributed by atoms with Crippen molar-refractivity contribution in [3.05, 3.63) is 29.8 Å². The lowest BCUT2D eigenvalue weighted by Gasteiger charge is -2.25. The van der Waals surface area contributed by atoms with Crippen LogP contribution in [-0.4, -0.2) is 43.7 Å². The third-order valence-corrected chi connectivity index (χ3v) is 3.54. The van der Waals surface area contributed by atoms with Gasteiger partial charge in [0.1, 0.15) is 5.75 Å². The number of hydroxylamine groups is 1. The Labute approximate surface area is 126 Å². The molecule has 2 rings (SSSR count). The average Bonchev–Trinajstić information content (AvgIpc) is 2.52. The Morgan fingerprint density at radius 2 is 1.90 bits per heavy atom. The van der Waals surface area contributed by atoms with Gasteiger partial charge in [0, 0.05) is 6.54 Å². The number of nitrogens with one attached hydrogen (secondary N) is 1. The van der Waals surface area contributed by atoms with E-state index in [0.29, 0.717) is 12.4 Å². The van der Waals surface area contributed by atoms with Gasteiger partial charge in [-0.3, -0.25) is 9.63 Å². The number of benzene rings is 1. The first-order valence-electron chi connectivity index (χ1n) is 7.56. The number of likely N-dealkylation sites (tertiary alicyclic amines) is 1. The normalized spacial score (nSPS) is 15.7. The Hall–Kier alpha value is -1.59. The molecule has 0 aromatic heterocycles. The van der Waals surface area contributed by atoms with Crippen molar-refractivity contribution in [2.45, 2.75) is 26.2 Å². The quantitative estimate of drug-likeness (QED) is 0.616. The summed E-state index contributed by atoms with van der Waals surface area (Å²) >= 11 is 0. The highest BCUT2D eigenvalue weighted by molar-refractivity contribution is 5.76. The molecule has 116 valence electrons. The third-order valence-electron chi connectivity index (χ3n) is 3.54. The van der Waals surface area contributed by atoms with E-state index < -0.39 is 0 Å². The third kappa shape index (κ3) is 6.14. The minimum Gasteiger partial charge on any atom is -0.484 e. The largest absolute Gasteiger partial charge is 0.484 e. The number of aryl methyl sites for hydroxylation is 1. The van der Waals surface area contributed by atoms with Crippen LogP contribution in [0.4, 0.5) is 0 Å². The van der Waals surface area contributed by atoms with Crippen molar-refractivity contribution in [2.75, 3.05) is 32.8 Å². The zero-order chi connectivity index (χ0) is 14.9. The zero-order valence-electron chi connectivity index (χ0n) is 12.6. The lowest BCUT2D eigenvalue weighted by molar-refractivity contribution is -0.136. The van der Waals surface area contributed by atoms with E-state index >= 15 is 0 Å². The van der Waals surface area contributed by atoms with E-state index in [-0.39, 0.29) is 12.5 Å². The van der Waals surface area contributed by atoms with Gasteiger partial charge in [0.2, 0.25) is 0 Å². The summed E-state index contributed by atoms with van der Waals surface area (Å²) in [7, 11) is 0. The maximum atomic E-state index is 11.6. The maximum Gasteiger partial charge on any atom is 0.281 e. The summed E-state index contributed by atoms with van der Waals surface area (Å²) in [5.41, 5.74) is 3.57. The van der Waals surface area contributed by atoms with Crippen LogP contribution >= 0.6 is 0 Å². The Bertz CT molecular complexity index is 428. The number of hydrogen-bond donors (Lipinski definition) is 1. The van der Waals surface area contributed by atoms with E-state index in [9.17, 15) is 4.79 Å². The molecule has 21 heavy (non-hydrogen) atoms. The molecular formula is C16H24N2O3. The number of carbonyl (C=O) groups excluding carboxylic acids is 1. The molecule has 0 saturated carbocycles. The Morgan fingerprint density at radius 1 is 1.19 bits per heavy atom. The van der Waals surface area contributed by atoms with Crippen molar-refractivity contribution in [1.82, 2.24) is 10.4 Å². The molecule has 1 saturated heterocycles. The fourth-order valence-electron chi connectivity index (χ4n) is 2.30. The van der Waals surface area contributed by atoms with Crippen molar-refractivity contribution in [1.29, 1.82) is 0 Å². The topological polar surface area (TPSA) is 50.8 Å². The molecular weight excluding hydrogens is 268 g/mol. The smallest absolute Gasteiger partial charge is 0.281 e. The first-order valence-corrected chi connectivity index (χ1v) is 7.56. The number of carbonyl (C=O) groups is 1. The molecule has 1 aromatic carbocycles. The summed E-state index contributed by atoms with van der Waals surface area (Å²) in [5.74, 6) is 0.415. The number of nitrogens with zero attached hydrogens (tertiary/aromatic N) is 1. The number of amides is 1. The summed E-state index contributed by atoms with van der Waals surface area (Å²) in [6, 6.07) is 7.59. The number of piperidine rings is 1. The molecule has 1 fully saturated rings. The van der Waals surface area contributed by atoms with Gasteiger partial charge in [-0.05, 0) is 45.0 Å². The summed E-state index contributed by atoms with van der Waals surface area (Å²) < 4.78 is 5.37. The first kappa shape index (κ1) is 15.8. The van der Waals surface area contributed by atoms with Crippen LogP contribution in [0.3, 0.4) is 0 Å². The lowest BCUT2D eigenvalue weighted by Crippen LogP contribution is -2.36. The molecule has 0 aliphatic carbocycles. The molecule has 0 atom stereocenters. The van der Waals surface area contributed by atoms with Crippen molar-refractivity contribution in [3.8, 4) is 5.75 Å². The fourth-order valence-corrected chi connectivity index (χ4v) is 2.30. The second-order valence-electron chi connectivity index (χ2n) is 5.38. The van der Waals surface area contributed by atoms with Crippen LogP contribution in [0.5, 0.6) is 5.75 Å². The van der Waals surface area contributed by atoms with E-state index in [1.807, 2.05) is 31.2 Å². The van der Waals surface area contributed by atoms with Crippen LogP contribution in [-0.2, 0) is 9.63 Å². The highest BCUT2D eigenvalue weighted by Gasteiger charge is 2.09. The standard InChI is InChI=1S/C16H24N2O3/c1-14-5-7-15(8-6-14)20-13-16(19)17-21-12-11-18-9-3-2-4-10-18/h5-8H,2-4,9-13H2,1H3,(H,17,19). The predicted molar refractivity (Wildman–Crippen MR) is 81.1 cm³/mol. The van der Waals surface area contributed by atoms with Gasteiger partial charge in [0.25, 0.3) is 5.91 Å². The molecule has 0 radical (unpaired) electrons. The van der Waals surface area contributed by atoms with Gasteiger partial charge in [-0.1, -0.05) is 24.1 Å². The van der Waals surface area contributed by atoms with Crippen molar-refractivity contribution in [2.24, 2.45) is 0 Å². The first-order chi connectivity index (χ1) is 10.2. The van der Waals surface area contributed by atoms with Crippen molar-refractivity contribution < 1.29 is 14.4 Å². The number of hydrogen-bond acceptors (Lipinski definition) is 4. The van der Waals surface area contributed by atoms with Gasteiger partial charge in [-0.2, -0.15) is 0 Å². The van der Waals surface area contributed by atoms with Crippen LogP contribution in [0, 0.1) is 6.92 Å². The molecule has 0 unspecified atom stereocenters. The summed E-state index contributed by atoms with van der Waals surface area (Å²) in [6.45, 7) is 5.61. The molecule has 1 aliphatic heterocycles. The molecule has 1 aromatic rings. The van der Waals surface area contributed by atoms with Crippen LogP contribution < -0.4 is 10.2 Å². The van der Waals surface area contributed by atoms with Gasteiger partial charge < -0.3 is 9.64 Å². The van der Waals surface area contributed by atoms with Crippen LogP contribution in [0.2, 0.25) is 0 Å². The lowest BCUT2D eigenvalue weighted by atomic mass is 10.1. The second kappa shape index (κ2) is 8.64. The molecule has 1 aliphatic rings. The highest BCUT2D eigenvalue weighted by Crippen LogP contribution is 2.11. The van der Waals surface area contributed by atoms with Crippen LogP contribution in [0.15, 0.2) is 24.3 Å². The predicted octanol–water partition coefficient (Wildman–Crippen LogP) is 1.91. The van der Waals surface area contributed by atoms with Crippen LogP contribution in [0.1, 0.15) is 24.8 Å². The van der Waals surface area contributed by atoms with Gasteiger partial charge in [-0.15, -0.1) is 0 Å². The van der Waals surface area contributed by atoms with Gasteiger partial charge in [0.05, 0.1) is 6.61 Å². The Kier molecular flexibility index (Phi) is 6.50. The second-order valence-corrected chi connectivity index (χ2v) is 5.38. The Morgan fingerprint density at radius 3 is 2.62 bits per heavy atom. The van der Waals surface area contributed by atoms with Gasteiger partial charge in [0.15, 0.2) is 6.61 Å². The van der Waals surface area contributed by atoms with E-state index in [1.165, 1.54) is 19.3 Å². The fraction of sp³-hybridized carbons (Fsp3) is 0.562. The average molecular weight is 292 g/mol. The Balaban J connectivity index is 1.54. The van der Waals surface area contributed by atoms with E-state index in [4.69, 9.17) is 9.57 Å².